The van der Waals surface area contributed by atoms with Crippen molar-refractivity contribution in [2.45, 2.75) is 6.54 Å². The molecule has 128 valence electrons. The highest BCUT2D eigenvalue weighted by atomic mass is 35.5. The average molecular weight is 364 g/mol. The first kappa shape index (κ1) is 16.8. The second-order valence-electron chi connectivity index (χ2n) is 5.19. The molecule has 3 rings (SSSR count). The molecule has 0 saturated carbocycles. The fraction of sp³-hybridized carbons (Fsp3) is 0.0625. The molecule has 0 fully saturated rings. The van der Waals surface area contributed by atoms with Crippen molar-refractivity contribution < 1.29 is 13.6 Å². The Morgan fingerprint density at radius 1 is 1.20 bits per heavy atom. The molecule has 0 spiro atoms. The second kappa shape index (κ2) is 6.86. The Hall–Kier alpha value is -3.00. The number of benzene rings is 2. The van der Waals surface area contributed by atoms with Crippen molar-refractivity contribution in [3.63, 3.8) is 0 Å². The van der Waals surface area contributed by atoms with Gasteiger partial charge in [0.25, 0.3) is 5.91 Å². The first-order valence-corrected chi connectivity index (χ1v) is 7.51. The number of carbonyl (C=O) groups excluding carboxylic acids is 1. The first-order chi connectivity index (χ1) is 11.9. The third-order valence-corrected chi connectivity index (χ3v) is 3.66. The third-order valence-electron chi connectivity index (χ3n) is 3.41. The molecule has 1 amide bonds. The van der Waals surface area contributed by atoms with E-state index in [1.807, 2.05) is 0 Å². The van der Waals surface area contributed by atoms with Crippen molar-refractivity contribution >= 4 is 29.0 Å². The van der Waals surface area contributed by atoms with Crippen molar-refractivity contribution in [3.05, 3.63) is 70.4 Å². The Kier molecular flexibility index (Phi) is 4.62. The standard InChI is InChI=1S/C16H12ClF2N5O/c17-10-3-1-9(2-4-10)8-24-15(20)14(22-23-24)16(25)21-13-7-11(18)5-6-12(13)19/h1-7H,8,20H2,(H,21,25). The highest BCUT2D eigenvalue weighted by Crippen LogP contribution is 2.18. The van der Waals surface area contributed by atoms with Gasteiger partial charge >= 0.3 is 0 Å². The van der Waals surface area contributed by atoms with E-state index >= 15 is 0 Å². The van der Waals surface area contributed by atoms with E-state index < -0.39 is 17.5 Å². The molecular formula is C16H12ClF2N5O. The summed E-state index contributed by atoms with van der Waals surface area (Å²) in [7, 11) is 0. The lowest BCUT2D eigenvalue weighted by molar-refractivity contribution is 0.102. The van der Waals surface area contributed by atoms with Gasteiger partial charge in [-0.05, 0) is 29.8 Å². The van der Waals surface area contributed by atoms with Crippen LogP contribution in [0.5, 0.6) is 0 Å². The maximum atomic E-state index is 13.6. The van der Waals surface area contributed by atoms with Gasteiger partial charge in [-0.2, -0.15) is 0 Å². The molecule has 0 unspecified atom stereocenters. The van der Waals surface area contributed by atoms with Gasteiger partial charge in [0.05, 0.1) is 12.2 Å². The monoisotopic (exact) mass is 363 g/mol. The van der Waals surface area contributed by atoms with Crippen LogP contribution in [0.15, 0.2) is 42.5 Å². The molecule has 0 radical (unpaired) electrons. The van der Waals surface area contributed by atoms with Gasteiger partial charge in [-0.3, -0.25) is 4.79 Å². The average Bonchev–Trinajstić information content (AvgIpc) is 2.94. The predicted molar refractivity (Wildman–Crippen MR) is 89.3 cm³/mol. The molecule has 2 aromatic carbocycles. The van der Waals surface area contributed by atoms with Gasteiger partial charge in [-0.25, -0.2) is 13.5 Å². The molecule has 0 atom stereocenters. The molecule has 0 aliphatic rings. The van der Waals surface area contributed by atoms with Crippen molar-refractivity contribution in [2.24, 2.45) is 0 Å². The molecule has 1 aromatic heterocycles. The van der Waals surface area contributed by atoms with E-state index in [9.17, 15) is 13.6 Å². The number of nitrogens with zero attached hydrogens (tertiary/aromatic N) is 3. The maximum absolute atomic E-state index is 13.6. The van der Waals surface area contributed by atoms with Gasteiger partial charge in [0.15, 0.2) is 11.5 Å². The van der Waals surface area contributed by atoms with E-state index in [-0.39, 0.29) is 23.7 Å². The Balaban J connectivity index is 1.79. The molecule has 3 N–H and O–H groups in total. The summed E-state index contributed by atoms with van der Waals surface area (Å²) in [5.74, 6) is -2.24. The number of nitrogens with two attached hydrogens (primary N) is 1. The number of nitrogens with one attached hydrogen (secondary N) is 1. The highest BCUT2D eigenvalue weighted by Gasteiger charge is 2.19. The molecule has 6 nitrogen and oxygen atoms in total. The normalized spacial score (nSPS) is 10.7. The van der Waals surface area contributed by atoms with Crippen LogP contribution in [0.4, 0.5) is 20.3 Å². The summed E-state index contributed by atoms with van der Waals surface area (Å²) in [4.78, 5) is 12.2. The Bertz CT molecular complexity index is 927. The number of aromatic nitrogens is 3. The summed E-state index contributed by atoms with van der Waals surface area (Å²) in [5.41, 5.74) is 6.25. The minimum Gasteiger partial charge on any atom is -0.382 e. The molecule has 1 heterocycles. The van der Waals surface area contributed by atoms with Gasteiger partial charge in [-0.1, -0.05) is 28.9 Å². The van der Waals surface area contributed by atoms with Crippen LogP contribution in [0, 0.1) is 11.6 Å². The lowest BCUT2D eigenvalue weighted by Crippen LogP contribution is -2.16. The summed E-state index contributed by atoms with van der Waals surface area (Å²) < 4.78 is 28.1. The van der Waals surface area contributed by atoms with Gasteiger partial charge in [0, 0.05) is 11.1 Å². The van der Waals surface area contributed by atoms with Gasteiger partial charge in [-0.15, -0.1) is 5.10 Å². The molecular weight excluding hydrogens is 352 g/mol. The van der Waals surface area contributed by atoms with Crippen molar-refractivity contribution in [2.75, 3.05) is 11.1 Å². The number of hydrogen-bond donors (Lipinski definition) is 2. The van der Waals surface area contributed by atoms with Crippen molar-refractivity contribution in [3.8, 4) is 0 Å². The molecule has 25 heavy (non-hydrogen) atoms. The quantitative estimate of drug-likeness (QED) is 0.745. The van der Waals surface area contributed by atoms with Crippen LogP contribution in [0.2, 0.25) is 5.02 Å². The van der Waals surface area contributed by atoms with E-state index in [0.717, 1.165) is 23.8 Å². The number of hydrogen-bond acceptors (Lipinski definition) is 4. The lowest BCUT2D eigenvalue weighted by atomic mass is 10.2. The van der Waals surface area contributed by atoms with Crippen LogP contribution in [0.25, 0.3) is 0 Å². The van der Waals surface area contributed by atoms with E-state index in [0.29, 0.717) is 5.02 Å². The van der Waals surface area contributed by atoms with Crippen molar-refractivity contribution in [1.29, 1.82) is 0 Å². The van der Waals surface area contributed by atoms with Crippen LogP contribution in [0.1, 0.15) is 16.1 Å². The Labute approximate surface area is 146 Å². The van der Waals surface area contributed by atoms with Crippen LogP contribution in [0.3, 0.4) is 0 Å². The fourth-order valence-corrected chi connectivity index (χ4v) is 2.26. The molecule has 9 heteroatoms. The van der Waals surface area contributed by atoms with Gasteiger partial charge < -0.3 is 11.1 Å². The molecule has 0 saturated heterocycles. The first-order valence-electron chi connectivity index (χ1n) is 7.14. The third kappa shape index (κ3) is 3.74. The minimum absolute atomic E-state index is 0.00395. The summed E-state index contributed by atoms with van der Waals surface area (Å²) in [6.07, 6.45) is 0. The van der Waals surface area contributed by atoms with E-state index in [2.05, 4.69) is 15.6 Å². The second-order valence-corrected chi connectivity index (χ2v) is 5.62. The van der Waals surface area contributed by atoms with Crippen LogP contribution in [-0.4, -0.2) is 20.9 Å². The smallest absolute Gasteiger partial charge is 0.280 e. The lowest BCUT2D eigenvalue weighted by Gasteiger charge is -2.06. The largest absolute Gasteiger partial charge is 0.382 e. The topological polar surface area (TPSA) is 85.8 Å². The minimum atomic E-state index is -0.788. The summed E-state index contributed by atoms with van der Waals surface area (Å²) in [5, 5.41) is 10.3. The number of anilines is 2. The molecule has 0 aliphatic heterocycles. The maximum Gasteiger partial charge on any atom is 0.280 e. The van der Waals surface area contributed by atoms with E-state index in [4.69, 9.17) is 17.3 Å². The number of amides is 1. The predicted octanol–water partition coefficient (Wildman–Crippen LogP) is 3.09. The highest BCUT2D eigenvalue weighted by molar-refractivity contribution is 6.30. The summed E-state index contributed by atoms with van der Waals surface area (Å²) >= 11 is 5.82. The van der Waals surface area contributed by atoms with Crippen LogP contribution in [-0.2, 0) is 6.54 Å². The zero-order valence-electron chi connectivity index (χ0n) is 12.7. The van der Waals surface area contributed by atoms with E-state index in [1.54, 1.807) is 24.3 Å². The van der Waals surface area contributed by atoms with E-state index in [1.165, 1.54) is 4.68 Å². The van der Waals surface area contributed by atoms with Crippen molar-refractivity contribution in [1.82, 2.24) is 15.0 Å². The SMILES string of the molecule is Nc1c(C(=O)Nc2cc(F)ccc2F)nnn1Cc1ccc(Cl)cc1. The zero-order valence-corrected chi connectivity index (χ0v) is 13.5. The fourth-order valence-electron chi connectivity index (χ4n) is 2.14. The number of halogens is 3. The summed E-state index contributed by atoms with van der Waals surface area (Å²) in [6.45, 7) is 0.275. The van der Waals surface area contributed by atoms with Crippen LogP contribution >= 0.6 is 11.6 Å². The number of rotatable bonds is 4. The van der Waals surface area contributed by atoms with Crippen LogP contribution < -0.4 is 11.1 Å². The number of carbonyl (C=O) groups is 1. The molecule has 3 aromatic rings. The molecule has 0 aliphatic carbocycles. The Morgan fingerprint density at radius 2 is 1.92 bits per heavy atom. The van der Waals surface area contributed by atoms with Gasteiger partial charge in [0.1, 0.15) is 11.6 Å². The zero-order chi connectivity index (χ0) is 18.0. The summed E-state index contributed by atoms with van der Waals surface area (Å²) in [6, 6.07) is 9.71. The van der Waals surface area contributed by atoms with Gasteiger partial charge in [0.2, 0.25) is 0 Å². The molecule has 0 bridgehead atoms. The Morgan fingerprint density at radius 3 is 2.64 bits per heavy atom. The number of nitrogen functional groups attached to an aromatic ring is 1.